The molecule has 0 aliphatic rings. The van der Waals surface area contributed by atoms with Crippen molar-refractivity contribution >= 4 is 17.4 Å². The summed E-state index contributed by atoms with van der Waals surface area (Å²) in [6, 6.07) is 3.45. The van der Waals surface area contributed by atoms with Gasteiger partial charge in [0.15, 0.2) is 0 Å². The lowest BCUT2D eigenvalue weighted by Gasteiger charge is -2.18. The molecule has 4 N–H and O–H groups in total. The molecular weight excluding hydrogens is 228 g/mol. The molecule has 0 aromatic carbocycles. The third-order valence-corrected chi connectivity index (χ3v) is 2.41. The highest BCUT2D eigenvalue weighted by Crippen LogP contribution is 2.17. The number of hydrogen-bond donors (Lipinski definition) is 3. The number of nitrogens with zero attached hydrogens (tertiary/aromatic N) is 2. The van der Waals surface area contributed by atoms with Crippen molar-refractivity contribution in [2.24, 2.45) is 5.84 Å². The zero-order valence-electron chi connectivity index (χ0n) is 9.44. The van der Waals surface area contributed by atoms with Gasteiger partial charge < -0.3 is 10.5 Å². The molecule has 16 heavy (non-hydrogen) atoms. The van der Waals surface area contributed by atoms with Crippen LogP contribution in [-0.4, -0.2) is 34.7 Å². The summed E-state index contributed by atoms with van der Waals surface area (Å²) in [5.74, 6) is 5.85. The van der Waals surface area contributed by atoms with Gasteiger partial charge in [-0.05, 0) is 26.1 Å². The lowest BCUT2D eigenvalue weighted by molar-refractivity contribution is 0.138. The molecule has 5 nitrogen and oxygen atoms in total. The maximum Gasteiger partial charge on any atom is 0.140 e. The summed E-state index contributed by atoms with van der Waals surface area (Å²) in [7, 11) is 1.90. The lowest BCUT2D eigenvalue weighted by atomic mass is 10.3. The number of rotatable bonds is 5. The third kappa shape index (κ3) is 3.94. The van der Waals surface area contributed by atoms with Crippen LogP contribution in [-0.2, 0) is 6.54 Å². The lowest BCUT2D eigenvalue weighted by Crippen LogP contribution is -2.27. The second-order valence-corrected chi connectivity index (χ2v) is 4.22. The number of aliphatic hydroxyl groups is 1. The molecule has 0 amide bonds. The molecule has 1 heterocycles. The molecule has 1 rings (SSSR count). The Kier molecular flexibility index (Phi) is 4.95. The first-order valence-corrected chi connectivity index (χ1v) is 5.39. The Bertz CT molecular complexity index is 346. The SMILES string of the molecule is CC(O)CN(C)Cc1nc(NN)ccc1Cl. The smallest absolute Gasteiger partial charge is 0.140 e. The van der Waals surface area contributed by atoms with E-state index in [1.165, 1.54) is 0 Å². The van der Waals surface area contributed by atoms with Crippen molar-refractivity contribution in [3.8, 4) is 0 Å². The molecule has 1 aromatic rings. The van der Waals surface area contributed by atoms with Gasteiger partial charge in [-0.1, -0.05) is 11.6 Å². The fourth-order valence-corrected chi connectivity index (χ4v) is 1.61. The van der Waals surface area contributed by atoms with Crippen molar-refractivity contribution in [1.82, 2.24) is 9.88 Å². The van der Waals surface area contributed by atoms with Gasteiger partial charge in [-0.3, -0.25) is 4.90 Å². The zero-order valence-corrected chi connectivity index (χ0v) is 10.2. The number of anilines is 1. The molecule has 0 aliphatic heterocycles. The minimum atomic E-state index is -0.375. The molecule has 0 fully saturated rings. The number of aromatic nitrogens is 1. The van der Waals surface area contributed by atoms with Crippen LogP contribution in [0.4, 0.5) is 5.82 Å². The van der Waals surface area contributed by atoms with Crippen LogP contribution < -0.4 is 11.3 Å². The van der Waals surface area contributed by atoms with Crippen LogP contribution in [0, 0.1) is 0 Å². The Morgan fingerprint density at radius 2 is 2.31 bits per heavy atom. The van der Waals surface area contributed by atoms with E-state index in [1.807, 2.05) is 11.9 Å². The number of aliphatic hydroxyl groups excluding tert-OH is 1. The maximum absolute atomic E-state index is 9.24. The monoisotopic (exact) mass is 244 g/mol. The second kappa shape index (κ2) is 6.00. The third-order valence-electron chi connectivity index (χ3n) is 2.06. The molecule has 0 aliphatic carbocycles. The second-order valence-electron chi connectivity index (χ2n) is 3.82. The summed E-state index contributed by atoms with van der Waals surface area (Å²) in [5.41, 5.74) is 3.21. The Hall–Kier alpha value is -0.880. The van der Waals surface area contributed by atoms with Crippen LogP contribution in [0.2, 0.25) is 5.02 Å². The van der Waals surface area contributed by atoms with Crippen molar-refractivity contribution in [3.63, 3.8) is 0 Å². The van der Waals surface area contributed by atoms with Gasteiger partial charge in [-0.2, -0.15) is 0 Å². The van der Waals surface area contributed by atoms with E-state index in [0.29, 0.717) is 23.9 Å². The molecule has 0 bridgehead atoms. The van der Waals surface area contributed by atoms with E-state index in [-0.39, 0.29) is 6.10 Å². The predicted molar refractivity (Wildman–Crippen MR) is 65.1 cm³/mol. The maximum atomic E-state index is 9.24. The molecule has 0 spiro atoms. The van der Waals surface area contributed by atoms with E-state index < -0.39 is 0 Å². The number of nitrogens with one attached hydrogen (secondary N) is 1. The van der Waals surface area contributed by atoms with Crippen LogP contribution in [0.5, 0.6) is 0 Å². The first-order valence-electron chi connectivity index (χ1n) is 5.01. The van der Waals surface area contributed by atoms with Crippen LogP contribution in [0.15, 0.2) is 12.1 Å². The molecule has 1 unspecified atom stereocenters. The minimum Gasteiger partial charge on any atom is -0.392 e. The number of hydrazine groups is 1. The summed E-state index contributed by atoms with van der Waals surface area (Å²) in [6.45, 7) is 2.88. The predicted octanol–water partition coefficient (Wildman–Crippen LogP) is 0.833. The van der Waals surface area contributed by atoms with Crippen molar-refractivity contribution in [3.05, 3.63) is 22.8 Å². The van der Waals surface area contributed by atoms with Crippen molar-refractivity contribution < 1.29 is 5.11 Å². The van der Waals surface area contributed by atoms with Gasteiger partial charge in [0.2, 0.25) is 0 Å². The topological polar surface area (TPSA) is 74.4 Å². The standard InChI is InChI=1S/C10H17ClN4O/c1-7(16)5-15(2)6-9-8(11)3-4-10(13-9)14-12/h3-4,7,16H,5-6,12H2,1-2H3,(H,13,14). The highest BCUT2D eigenvalue weighted by Gasteiger charge is 2.08. The first kappa shape index (κ1) is 13.2. The largest absolute Gasteiger partial charge is 0.392 e. The van der Waals surface area contributed by atoms with E-state index in [2.05, 4.69) is 10.4 Å². The van der Waals surface area contributed by atoms with Gasteiger partial charge in [0, 0.05) is 13.1 Å². The summed E-state index contributed by atoms with van der Waals surface area (Å²) in [5, 5.41) is 9.84. The van der Waals surface area contributed by atoms with Gasteiger partial charge in [0.1, 0.15) is 5.82 Å². The molecule has 90 valence electrons. The van der Waals surface area contributed by atoms with E-state index in [0.717, 1.165) is 5.69 Å². The Balaban J connectivity index is 2.71. The molecule has 0 saturated heterocycles. The van der Waals surface area contributed by atoms with Gasteiger partial charge in [0.05, 0.1) is 16.8 Å². The highest BCUT2D eigenvalue weighted by atomic mass is 35.5. The van der Waals surface area contributed by atoms with Crippen molar-refractivity contribution in [1.29, 1.82) is 0 Å². The molecular formula is C10H17ClN4O. The van der Waals surface area contributed by atoms with Crippen LogP contribution >= 0.6 is 11.6 Å². The number of pyridine rings is 1. The van der Waals surface area contributed by atoms with E-state index in [1.54, 1.807) is 19.1 Å². The Morgan fingerprint density at radius 3 is 2.88 bits per heavy atom. The number of nitrogen functional groups attached to an aromatic ring is 1. The molecule has 0 radical (unpaired) electrons. The van der Waals surface area contributed by atoms with Crippen LogP contribution in [0.25, 0.3) is 0 Å². The summed E-state index contributed by atoms with van der Waals surface area (Å²) >= 11 is 6.01. The van der Waals surface area contributed by atoms with Gasteiger partial charge in [-0.25, -0.2) is 10.8 Å². The van der Waals surface area contributed by atoms with E-state index in [9.17, 15) is 5.11 Å². The molecule has 6 heteroatoms. The summed E-state index contributed by atoms with van der Waals surface area (Å²) < 4.78 is 0. The van der Waals surface area contributed by atoms with Gasteiger partial charge >= 0.3 is 0 Å². The first-order chi connectivity index (χ1) is 7.52. The number of likely N-dealkylation sites (N-methyl/N-ethyl adjacent to an activating group) is 1. The summed E-state index contributed by atoms with van der Waals surface area (Å²) in [4.78, 5) is 6.19. The van der Waals surface area contributed by atoms with Crippen molar-refractivity contribution in [2.75, 3.05) is 19.0 Å². The van der Waals surface area contributed by atoms with Crippen LogP contribution in [0.1, 0.15) is 12.6 Å². The van der Waals surface area contributed by atoms with Gasteiger partial charge in [-0.15, -0.1) is 0 Å². The fourth-order valence-electron chi connectivity index (χ4n) is 1.45. The van der Waals surface area contributed by atoms with Crippen molar-refractivity contribution in [2.45, 2.75) is 19.6 Å². The molecule has 1 atom stereocenters. The number of halogens is 1. The number of hydrogen-bond acceptors (Lipinski definition) is 5. The van der Waals surface area contributed by atoms with E-state index >= 15 is 0 Å². The highest BCUT2D eigenvalue weighted by molar-refractivity contribution is 6.31. The molecule has 0 saturated carbocycles. The fraction of sp³-hybridized carbons (Fsp3) is 0.500. The zero-order chi connectivity index (χ0) is 12.1. The number of nitrogens with two attached hydrogens (primary N) is 1. The quantitative estimate of drug-likeness (QED) is 0.529. The van der Waals surface area contributed by atoms with Gasteiger partial charge in [0.25, 0.3) is 0 Å². The van der Waals surface area contributed by atoms with E-state index in [4.69, 9.17) is 17.4 Å². The summed E-state index contributed by atoms with van der Waals surface area (Å²) in [6.07, 6.45) is -0.375. The van der Waals surface area contributed by atoms with Crippen LogP contribution in [0.3, 0.4) is 0 Å². The normalized spacial score (nSPS) is 12.9. The Labute approximate surface area is 100 Å². The average Bonchev–Trinajstić information content (AvgIpc) is 2.20. The minimum absolute atomic E-state index is 0.375. The Morgan fingerprint density at radius 1 is 1.62 bits per heavy atom. The molecule has 1 aromatic heterocycles. The average molecular weight is 245 g/mol.